The number of morpholine rings is 1. The molecule has 6 rings (SSSR count). The van der Waals surface area contributed by atoms with Crippen molar-refractivity contribution in [2.75, 3.05) is 44.9 Å². The van der Waals surface area contributed by atoms with Crippen LogP contribution >= 0.6 is 0 Å². The number of imidazole rings is 1. The molecule has 4 aromatic rings. The summed E-state index contributed by atoms with van der Waals surface area (Å²) in [5, 5.41) is 2.42. The molecule has 2 aliphatic rings. The van der Waals surface area contributed by atoms with E-state index in [1.807, 2.05) is 46.9 Å². The first-order chi connectivity index (χ1) is 19.1. The highest BCUT2D eigenvalue weighted by atomic mass is 16.5. The molecule has 0 unspecified atom stereocenters. The van der Waals surface area contributed by atoms with Gasteiger partial charge >= 0.3 is 0 Å². The van der Waals surface area contributed by atoms with Crippen molar-refractivity contribution in [2.45, 2.75) is 26.3 Å². The monoisotopic (exact) mass is 522 g/mol. The minimum Gasteiger partial charge on any atom is -0.495 e. The van der Waals surface area contributed by atoms with Gasteiger partial charge in [-0.3, -0.25) is 4.79 Å². The molecule has 0 atom stereocenters. The summed E-state index contributed by atoms with van der Waals surface area (Å²) in [7, 11) is 1.67. The molecular formula is C32H34N4O3. The van der Waals surface area contributed by atoms with E-state index < -0.39 is 0 Å². The Morgan fingerprint density at radius 3 is 2.62 bits per heavy atom. The Morgan fingerprint density at radius 1 is 1.00 bits per heavy atom. The molecule has 0 spiro atoms. The lowest BCUT2D eigenvalue weighted by molar-refractivity contribution is -0.129. The number of hydrogen-bond acceptors (Lipinski definition) is 5. The van der Waals surface area contributed by atoms with Crippen LogP contribution in [-0.4, -0.2) is 60.3 Å². The number of ether oxygens (including phenoxy) is 2. The number of methoxy groups -OCH3 is 1. The first kappa shape index (κ1) is 25.2. The average Bonchev–Trinajstić information content (AvgIpc) is 3.41. The topological polar surface area (TPSA) is 59.8 Å². The lowest BCUT2D eigenvalue weighted by atomic mass is 9.99. The molecule has 200 valence electrons. The second kappa shape index (κ2) is 10.9. The van der Waals surface area contributed by atoms with Crippen LogP contribution in [0, 0.1) is 6.92 Å². The van der Waals surface area contributed by atoms with Gasteiger partial charge in [0, 0.05) is 43.6 Å². The number of carbonyl (C=O) groups is 1. The molecule has 3 aromatic carbocycles. The molecule has 0 bridgehead atoms. The zero-order valence-corrected chi connectivity index (χ0v) is 22.6. The molecule has 2 saturated heterocycles. The zero-order valence-electron chi connectivity index (χ0n) is 22.6. The number of amides is 1. The van der Waals surface area contributed by atoms with E-state index >= 15 is 0 Å². The summed E-state index contributed by atoms with van der Waals surface area (Å²) in [6, 6.07) is 19.2. The highest BCUT2D eigenvalue weighted by molar-refractivity contribution is 5.98. The molecule has 0 radical (unpaired) electrons. The van der Waals surface area contributed by atoms with Crippen LogP contribution in [0.3, 0.4) is 0 Å². The smallest absolute Gasteiger partial charge is 0.250 e. The summed E-state index contributed by atoms with van der Waals surface area (Å²) in [4.78, 5) is 22.1. The van der Waals surface area contributed by atoms with Gasteiger partial charge in [-0.15, -0.1) is 0 Å². The van der Waals surface area contributed by atoms with Crippen molar-refractivity contribution in [3.8, 4) is 11.4 Å². The molecule has 1 aromatic heterocycles. The lowest BCUT2D eigenvalue weighted by Gasteiger charge is -2.29. The summed E-state index contributed by atoms with van der Waals surface area (Å²) in [6.07, 6.45) is 7.49. The van der Waals surface area contributed by atoms with Gasteiger partial charge in [0.2, 0.25) is 5.91 Å². The molecule has 2 fully saturated rings. The number of benzene rings is 3. The number of fused-ring (bicyclic) bond motifs is 1. The summed E-state index contributed by atoms with van der Waals surface area (Å²) < 4.78 is 13.1. The Kier molecular flexibility index (Phi) is 7.07. The van der Waals surface area contributed by atoms with Gasteiger partial charge in [0.25, 0.3) is 0 Å². The lowest BCUT2D eigenvalue weighted by Crippen LogP contribution is -2.36. The number of aryl methyl sites for hydroxylation is 1. The first-order valence-electron chi connectivity index (χ1n) is 13.6. The van der Waals surface area contributed by atoms with Gasteiger partial charge in [-0.25, -0.2) is 4.98 Å². The van der Waals surface area contributed by atoms with E-state index in [0.717, 1.165) is 79.5 Å². The fourth-order valence-corrected chi connectivity index (χ4v) is 5.53. The molecule has 7 heteroatoms. The molecule has 39 heavy (non-hydrogen) atoms. The van der Waals surface area contributed by atoms with E-state index in [1.54, 1.807) is 13.4 Å². The minimum absolute atomic E-state index is 0.109. The van der Waals surface area contributed by atoms with Gasteiger partial charge in [0.05, 0.1) is 38.0 Å². The standard InChI is InChI=1S/C32H34N4O3/c1-23-20-36(22-33-23)30-10-6-24(18-31(30)38-2)16-28-4-3-11-35(32(28)37)21-25-5-7-27-19-29(9-8-26(27)17-25)34-12-14-39-15-13-34/h5-10,16-20,22H,3-4,11-15,21H2,1-2H3/b28-16+. The van der Waals surface area contributed by atoms with Crippen LogP contribution in [-0.2, 0) is 16.1 Å². The van der Waals surface area contributed by atoms with E-state index in [9.17, 15) is 4.79 Å². The van der Waals surface area contributed by atoms with E-state index in [-0.39, 0.29) is 5.91 Å². The molecule has 3 heterocycles. The Bertz CT molecular complexity index is 1530. The van der Waals surface area contributed by atoms with Crippen molar-refractivity contribution in [1.29, 1.82) is 0 Å². The SMILES string of the molecule is COc1cc(/C=C2\CCCN(Cc3ccc4cc(N5CCOCC5)ccc4c3)C2=O)ccc1-n1cnc(C)c1. The van der Waals surface area contributed by atoms with Crippen LogP contribution in [0.15, 0.2) is 72.7 Å². The van der Waals surface area contributed by atoms with E-state index in [0.29, 0.717) is 6.54 Å². The summed E-state index contributed by atoms with van der Waals surface area (Å²) in [5.74, 6) is 0.854. The van der Waals surface area contributed by atoms with Crippen molar-refractivity contribution >= 4 is 28.4 Å². The van der Waals surface area contributed by atoms with Crippen LogP contribution in [0.4, 0.5) is 5.69 Å². The first-order valence-corrected chi connectivity index (χ1v) is 13.6. The number of anilines is 1. The number of piperidine rings is 1. The van der Waals surface area contributed by atoms with Gasteiger partial charge in [-0.1, -0.05) is 24.3 Å². The van der Waals surface area contributed by atoms with Gasteiger partial charge in [-0.05, 0) is 78.1 Å². The molecular weight excluding hydrogens is 488 g/mol. The van der Waals surface area contributed by atoms with Crippen molar-refractivity contribution in [2.24, 2.45) is 0 Å². The Hall–Kier alpha value is -4.10. The summed E-state index contributed by atoms with van der Waals surface area (Å²) in [5.41, 5.74) is 6.05. The van der Waals surface area contributed by atoms with Crippen LogP contribution < -0.4 is 9.64 Å². The molecule has 0 aliphatic carbocycles. The Balaban J connectivity index is 1.18. The second-order valence-corrected chi connectivity index (χ2v) is 10.3. The number of carbonyl (C=O) groups excluding carboxylic acids is 1. The molecule has 1 amide bonds. The third kappa shape index (κ3) is 5.40. The number of nitrogens with zero attached hydrogens (tertiary/aromatic N) is 4. The maximum atomic E-state index is 13.5. The van der Waals surface area contributed by atoms with Crippen LogP contribution in [0.1, 0.15) is 29.7 Å². The van der Waals surface area contributed by atoms with Crippen molar-refractivity contribution in [1.82, 2.24) is 14.5 Å². The maximum Gasteiger partial charge on any atom is 0.250 e. The fourth-order valence-electron chi connectivity index (χ4n) is 5.53. The minimum atomic E-state index is 0.109. The second-order valence-electron chi connectivity index (χ2n) is 10.3. The van der Waals surface area contributed by atoms with E-state index in [2.05, 4.69) is 46.3 Å². The fraction of sp³-hybridized carbons (Fsp3) is 0.312. The highest BCUT2D eigenvalue weighted by Gasteiger charge is 2.23. The quantitative estimate of drug-likeness (QED) is 0.318. The third-order valence-corrected chi connectivity index (χ3v) is 7.61. The molecule has 2 aliphatic heterocycles. The van der Waals surface area contributed by atoms with Gasteiger partial charge in [-0.2, -0.15) is 0 Å². The average molecular weight is 523 g/mol. The van der Waals surface area contributed by atoms with Gasteiger partial charge < -0.3 is 23.8 Å². The number of hydrogen-bond donors (Lipinski definition) is 0. The Labute approximate surface area is 229 Å². The molecule has 0 N–H and O–H groups in total. The molecule has 0 saturated carbocycles. The number of aromatic nitrogens is 2. The normalized spacial score (nSPS) is 17.3. The predicted molar refractivity (Wildman–Crippen MR) is 154 cm³/mol. The van der Waals surface area contributed by atoms with Gasteiger partial charge in [0.15, 0.2) is 0 Å². The molecule has 7 nitrogen and oxygen atoms in total. The van der Waals surface area contributed by atoms with Crippen molar-refractivity contribution in [3.05, 3.63) is 89.5 Å². The summed E-state index contributed by atoms with van der Waals surface area (Å²) >= 11 is 0. The predicted octanol–water partition coefficient (Wildman–Crippen LogP) is 5.39. The Morgan fingerprint density at radius 2 is 1.82 bits per heavy atom. The number of rotatable bonds is 6. The maximum absolute atomic E-state index is 13.5. The summed E-state index contributed by atoms with van der Waals surface area (Å²) in [6.45, 7) is 6.76. The van der Waals surface area contributed by atoms with Crippen LogP contribution in [0.2, 0.25) is 0 Å². The van der Waals surface area contributed by atoms with Crippen molar-refractivity contribution in [3.63, 3.8) is 0 Å². The van der Waals surface area contributed by atoms with Crippen molar-refractivity contribution < 1.29 is 14.3 Å². The van der Waals surface area contributed by atoms with Crippen LogP contribution in [0.25, 0.3) is 22.5 Å². The van der Waals surface area contributed by atoms with Gasteiger partial charge in [0.1, 0.15) is 5.75 Å². The zero-order chi connectivity index (χ0) is 26.8. The van der Waals surface area contributed by atoms with E-state index in [4.69, 9.17) is 9.47 Å². The largest absolute Gasteiger partial charge is 0.495 e. The highest BCUT2D eigenvalue weighted by Crippen LogP contribution is 2.29. The third-order valence-electron chi connectivity index (χ3n) is 7.61. The van der Waals surface area contributed by atoms with Crippen LogP contribution in [0.5, 0.6) is 5.75 Å². The number of likely N-dealkylation sites (tertiary alicyclic amines) is 1. The van der Waals surface area contributed by atoms with E-state index in [1.165, 1.54) is 16.5 Å².